The van der Waals surface area contributed by atoms with Crippen LogP contribution in [0.25, 0.3) is 0 Å². The number of para-hydroxylation sites is 1. The predicted molar refractivity (Wildman–Crippen MR) is 104 cm³/mol. The summed E-state index contributed by atoms with van der Waals surface area (Å²) in [6.07, 6.45) is 2.35. The first-order chi connectivity index (χ1) is 13.7. The number of nitrogens with zero attached hydrogens (tertiary/aromatic N) is 4. The number of hydrogen-bond acceptors (Lipinski definition) is 4. The lowest BCUT2D eigenvalue weighted by atomic mass is 10.1. The highest BCUT2D eigenvalue weighted by atomic mass is 16.5. The Balaban J connectivity index is 1.36. The van der Waals surface area contributed by atoms with Crippen molar-refractivity contribution >= 4 is 5.91 Å². The zero-order valence-electron chi connectivity index (χ0n) is 15.8. The van der Waals surface area contributed by atoms with E-state index in [9.17, 15) is 4.79 Å². The zero-order chi connectivity index (χ0) is 19.1. The van der Waals surface area contributed by atoms with E-state index in [1.165, 1.54) is 12.8 Å². The van der Waals surface area contributed by atoms with Gasteiger partial charge in [-0.05, 0) is 50.1 Å². The molecule has 1 fully saturated rings. The fourth-order valence-corrected chi connectivity index (χ4v) is 3.66. The fourth-order valence-electron chi connectivity index (χ4n) is 3.66. The third kappa shape index (κ3) is 3.15. The topological polar surface area (TPSA) is 60.2 Å². The van der Waals surface area contributed by atoms with E-state index in [2.05, 4.69) is 5.10 Å². The molecular formula is C22H22N4O2. The minimum atomic E-state index is -0.0973. The number of carbonyl (C=O) groups is 1. The Bertz CT molecular complexity index is 1010. The molecule has 0 unspecified atom stereocenters. The molecular weight excluding hydrogens is 352 g/mol. The van der Waals surface area contributed by atoms with Crippen LogP contribution in [0.15, 0.2) is 54.6 Å². The molecule has 1 atom stereocenters. The van der Waals surface area contributed by atoms with E-state index in [-0.39, 0.29) is 11.9 Å². The monoisotopic (exact) mass is 374 g/mol. The minimum Gasteiger partial charge on any atom is -0.457 e. The molecule has 1 saturated carbocycles. The average molecular weight is 374 g/mol. The summed E-state index contributed by atoms with van der Waals surface area (Å²) in [6.45, 7) is 3.34. The van der Waals surface area contributed by atoms with Gasteiger partial charge in [-0.2, -0.15) is 5.10 Å². The van der Waals surface area contributed by atoms with Gasteiger partial charge in [-0.15, -0.1) is 0 Å². The molecule has 1 aromatic heterocycles. The van der Waals surface area contributed by atoms with Gasteiger partial charge in [0, 0.05) is 18.0 Å². The number of hydrogen-bond donors (Lipinski definition) is 0. The van der Waals surface area contributed by atoms with Crippen LogP contribution in [0.2, 0.25) is 0 Å². The molecule has 0 spiro atoms. The van der Waals surface area contributed by atoms with Crippen LogP contribution in [-0.4, -0.2) is 32.1 Å². The van der Waals surface area contributed by atoms with E-state index in [1.54, 1.807) is 6.07 Å². The van der Waals surface area contributed by atoms with Crippen LogP contribution in [0.1, 0.15) is 53.7 Å². The van der Waals surface area contributed by atoms with Gasteiger partial charge in [0.25, 0.3) is 5.91 Å². The third-order valence-corrected chi connectivity index (χ3v) is 5.37. The standard InChI is InChI=1S/C22H22N4O2/c1-15-21-23-20(16-10-11-16)24-26(21)13-12-25(15)22(27)17-6-5-9-19(14-17)28-18-7-3-2-4-8-18/h2-9,14-16H,10-13H2,1H3/t15-/m1/s1. The van der Waals surface area contributed by atoms with Crippen LogP contribution < -0.4 is 4.74 Å². The summed E-state index contributed by atoms with van der Waals surface area (Å²) in [6, 6.07) is 16.8. The van der Waals surface area contributed by atoms with E-state index in [1.807, 2.05) is 65.0 Å². The van der Waals surface area contributed by atoms with Crippen LogP contribution in [0, 0.1) is 0 Å². The SMILES string of the molecule is C[C@@H]1c2nc(C3CC3)nn2CCN1C(=O)c1cccc(Oc2ccccc2)c1. The van der Waals surface area contributed by atoms with Crippen LogP contribution >= 0.6 is 0 Å². The molecule has 0 bridgehead atoms. The Hall–Kier alpha value is -3.15. The molecule has 28 heavy (non-hydrogen) atoms. The summed E-state index contributed by atoms with van der Waals surface area (Å²) in [4.78, 5) is 19.8. The summed E-state index contributed by atoms with van der Waals surface area (Å²) in [5.41, 5.74) is 0.621. The molecule has 0 saturated heterocycles. The molecule has 6 heteroatoms. The van der Waals surface area contributed by atoms with Crippen LogP contribution in [0.4, 0.5) is 0 Å². The summed E-state index contributed by atoms with van der Waals surface area (Å²) in [5.74, 6) is 3.74. The van der Waals surface area contributed by atoms with Gasteiger partial charge in [-0.3, -0.25) is 4.79 Å². The van der Waals surface area contributed by atoms with Gasteiger partial charge >= 0.3 is 0 Å². The highest BCUT2D eigenvalue weighted by molar-refractivity contribution is 5.95. The molecule has 1 aliphatic carbocycles. The number of ether oxygens (including phenoxy) is 1. The zero-order valence-corrected chi connectivity index (χ0v) is 15.8. The molecule has 142 valence electrons. The quantitative estimate of drug-likeness (QED) is 0.688. The maximum Gasteiger partial charge on any atom is 0.254 e. The Labute approximate surface area is 163 Å². The first-order valence-corrected chi connectivity index (χ1v) is 9.77. The molecule has 0 N–H and O–H groups in total. The van der Waals surface area contributed by atoms with Gasteiger partial charge in [0.05, 0.1) is 12.6 Å². The second-order valence-electron chi connectivity index (χ2n) is 7.44. The van der Waals surface area contributed by atoms with Crippen LogP contribution in [0.5, 0.6) is 11.5 Å². The van der Waals surface area contributed by atoms with Crippen LogP contribution in [-0.2, 0) is 6.54 Å². The molecule has 3 aromatic rings. The summed E-state index contributed by atoms with van der Waals surface area (Å²) >= 11 is 0. The van der Waals surface area contributed by atoms with Crippen molar-refractivity contribution in [2.75, 3.05) is 6.54 Å². The Morgan fingerprint density at radius 1 is 1.04 bits per heavy atom. The number of rotatable bonds is 4. The fraction of sp³-hybridized carbons (Fsp3) is 0.318. The molecule has 2 aliphatic rings. The second-order valence-corrected chi connectivity index (χ2v) is 7.44. The van der Waals surface area contributed by atoms with Gasteiger partial charge in [0.2, 0.25) is 0 Å². The van der Waals surface area contributed by atoms with Crippen molar-refractivity contribution < 1.29 is 9.53 Å². The first kappa shape index (κ1) is 17.0. The van der Waals surface area contributed by atoms with E-state index in [4.69, 9.17) is 9.72 Å². The molecule has 5 rings (SSSR count). The molecule has 6 nitrogen and oxygen atoms in total. The number of amides is 1. The molecule has 1 amide bonds. The normalized spacial score (nSPS) is 18.6. The Morgan fingerprint density at radius 2 is 1.82 bits per heavy atom. The van der Waals surface area contributed by atoms with E-state index in [0.717, 1.165) is 17.4 Å². The molecule has 2 heterocycles. The average Bonchev–Trinajstić information content (AvgIpc) is 3.48. The summed E-state index contributed by atoms with van der Waals surface area (Å²) in [5, 5.41) is 4.64. The van der Waals surface area contributed by atoms with Crippen molar-refractivity contribution in [3.8, 4) is 11.5 Å². The van der Waals surface area contributed by atoms with Crippen molar-refractivity contribution in [2.45, 2.75) is 38.3 Å². The Kier molecular flexibility index (Phi) is 4.11. The maximum atomic E-state index is 13.2. The van der Waals surface area contributed by atoms with Gasteiger partial charge < -0.3 is 9.64 Å². The van der Waals surface area contributed by atoms with Crippen molar-refractivity contribution in [3.05, 3.63) is 71.8 Å². The van der Waals surface area contributed by atoms with Gasteiger partial charge in [0.15, 0.2) is 5.82 Å². The smallest absolute Gasteiger partial charge is 0.254 e. The van der Waals surface area contributed by atoms with Crippen molar-refractivity contribution in [1.29, 1.82) is 0 Å². The van der Waals surface area contributed by atoms with E-state index >= 15 is 0 Å². The van der Waals surface area contributed by atoms with Crippen molar-refractivity contribution in [2.24, 2.45) is 0 Å². The van der Waals surface area contributed by atoms with E-state index < -0.39 is 0 Å². The summed E-state index contributed by atoms with van der Waals surface area (Å²) in [7, 11) is 0. The molecule has 2 aromatic carbocycles. The van der Waals surface area contributed by atoms with E-state index in [0.29, 0.717) is 30.3 Å². The highest BCUT2D eigenvalue weighted by Gasteiger charge is 2.34. The maximum absolute atomic E-state index is 13.2. The number of benzene rings is 2. The number of aromatic nitrogens is 3. The number of carbonyl (C=O) groups excluding carboxylic acids is 1. The Morgan fingerprint density at radius 3 is 2.61 bits per heavy atom. The van der Waals surface area contributed by atoms with Gasteiger partial charge in [-0.1, -0.05) is 24.3 Å². The highest BCUT2D eigenvalue weighted by Crippen LogP contribution is 2.39. The number of fused-ring (bicyclic) bond motifs is 1. The predicted octanol–water partition coefficient (Wildman–Crippen LogP) is 4.16. The van der Waals surface area contributed by atoms with Crippen LogP contribution in [0.3, 0.4) is 0 Å². The van der Waals surface area contributed by atoms with Crippen molar-refractivity contribution in [1.82, 2.24) is 19.7 Å². The lowest BCUT2D eigenvalue weighted by molar-refractivity contribution is 0.0630. The van der Waals surface area contributed by atoms with Gasteiger partial charge in [0.1, 0.15) is 17.3 Å². The second kappa shape index (κ2) is 6.78. The third-order valence-electron chi connectivity index (χ3n) is 5.37. The molecule has 1 aliphatic heterocycles. The van der Waals surface area contributed by atoms with Gasteiger partial charge in [-0.25, -0.2) is 9.67 Å². The lowest BCUT2D eigenvalue weighted by Crippen LogP contribution is -2.41. The first-order valence-electron chi connectivity index (χ1n) is 9.77. The summed E-state index contributed by atoms with van der Waals surface area (Å²) < 4.78 is 7.85. The lowest BCUT2D eigenvalue weighted by Gasteiger charge is -2.33. The van der Waals surface area contributed by atoms with Crippen molar-refractivity contribution in [3.63, 3.8) is 0 Å². The molecule has 0 radical (unpaired) electrons. The largest absolute Gasteiger partial charge is 0.457 e. The minimum absolute atomic E-state index is 0.00627.